The molecule has 0 spiro atoms. The summed E-state index contributed by atoms with van der Waals surface area (Å²) in [5.41, 5.74) is 11.8. The molecule has 0 radical (unpaired) electrons. The van der Waals surface area contributed by atoms with Crippen LogP contribution in [0.2, 0.25) is 0 Å². The number of hydrogen-bond acceptors (Lipinski definition) is 7. The normalized spacial score (nSPS) is 11.4. The van der Waals surface area contributed by atoms with Gasteiger partial charge >= 0.3 is 7.82 Å². The summed E-state index contributed by atoms with van der Waals surface area (Å²) in [6.45, 7) is 12.6. The fraction of sp³-hybridized carbons (Fsp3) is 0.294. The highest BCUT2D eigenvalue weighted by Gasteiger charge is 2.37. The Hall–Kier alpha value is -5.17. The fourth-order valence-corrected chi connectivity index (χ4v) is 7.41. The molecule has 0 saturated heterocycles. The number of hydrogen-bond donors (Lipinski definition) is 0. The minimum absolute atomic E-state index is 0.308. The summed E-state index contributed by atoms with van der Waals surface area (Å²) in [4.78, 5) is 17.6. The van der Waals surface area contributed by atoms with E-state index in [9.17, 15) is 4.57 Å². The van der Waals surface area contributed by atoms with Crippen molar-refractivity contribution in [2.45, 2.75) is 99.3 Å². The highest BCUT2D eigenvalue weighted by Crippen LogP contribution is 2.52. The minimum atomic E-state index is -4.81. The monoisotopic (exact) mass is 812 g/mol. The van der Waals surface area contributed by atoms with Crippen molar-refractivity contribution in [2.75, 3.05) is 0 Å². The molecule has 0 aliphatic rings. The van der Waals surface area contributed by atoms with Gasteiger partial charge in [-0.05, 0) is 129 Å². The van der Waals surface area contributed by atoms with Gasteiger partial charge in [0.2, 0.25) is 0 Å². The van der Waals surface area contributed by atoms with Crippen molar-refractivity contribution in [3.8, 4) is 50.6 Å². The van der Waals surface area contributed by atoms with E-state index in [4.69, 9.17) is 28.7 Å². The summed E-state index contributed by atoms with van der Waals surface area (Å²) in [5.74, 6) is 0.924. The van der Waals surface area contributed by atoms with Gasteiger partial charge in [-0.1, -0.05) is 162 Å². The van der Waals surface area contributed by atoms with Gasteiger partial charge in [0.05, 0.1) is 0 Å². The zero-order valence-electron chi connectivity index (χ0n) is 35.3. The molecule has 8 heteroatoms. The predicted octanol–water partition coefficient (Wildman–Crippen LogP) is 15.1. The maximum Gasteiger partial charge on any atom is 0.583 e. The maximum atomic E-state index is 14.7. The van der Waals surface area contributed by atoms with Crippen LogP contribution < -0.4 is 14.7 Å². The second kappa shape index (κ2) is 21.2. The lowest BCUT2D eigenvalue weighted by molar-refractivity contribution is -0.237. The SMILES string of the molecule is CCCCc1ccc(-c2cc(C)ccc2OOP(=O)(OOc2ccc(C)cc2-c2ccc(CCCC)cc2)OOc2ccc(C)cc2-c2ccc(CCCC)cc2)cc1. The third kappa shape index (κ3) is 12.2. The zero-order chi connectivity index (χ0) is 41.6. The number of benzene rings is 6. The summed E-state index contributed by atoms with van der Waals surface area (Å²) in [5, 5.41) is 0. The fourth-order valence-electron chi connectivity index (χ4n) is 6.82. The largest absolute Gasteiger partial charge is 0.583 e. The Morgan fingerprint density at radius 1 is 0.390 bits per heavy atom. The molecule has 0 amide bonds. The van der Waals surface area contributed by atoms with E-state index in [0.29, 0.717) is 17.2 Å². The van der Waals surface area contributed by atoms with Crippen molar-refractivity contribution >= 4 is 7.82 Å². The van der Waals surface area contributed by atoms with Crippen molar-refractivity contribution < 1.29 is 33.3 Å². The Morgan fingerprint density at radius 3 is 0.915 bits per heavy atom. The summed E-state index contributed by atoms with van der Waals surface area (Å²) in [6, 6.07) is 41.9. The van der Waals surface area contributed by atoms with Gasteiger partial charge < -0.3 is 14.7 Å². The maximum absolute atomic E-state index is 14.7. The molecule has 6 rings (SSSR count). The van der Waals surface area contributed by atoms with E-state index >= 15 is 0 Å². The van der Waals surface area contributed by atoms with E-state index in [1.165, 1.54) is 16.7 Å². The molecule has 0 saturated carbocycles. The molecule has 0 aromatic heterocycles. The first kappa shape index (κ1) is 43.4. The second-order valence-corrected chi connectivity index (χ2v) is 16.7. The summed E-state index contributed by atoms with van der Waals surface area (Å²) in [6.07, 6.45) is 9.77. The van der Waals surface area contributed by atoms with Gasteiger partial charge in [-0.2, -0.15) is 0 Å². The average Bonchev–Trinajstić information content (AvgIpc) is 3.26. The van der Waals surface area contributed by atoms with Crippen LogP contribution in [0.1, 0.15) is 92.7 Å². The Balaban J connectivity index is 1.29. The molecule has 0 unspecified atom stereocenters. The lowest BCUT2D eigenvalue weighted by atomic mass is 9.99. The highest BCUT2D eigenvalue weighted by atomic mass is 31.2. The average molecular weight is 813 g/mol. The van der Waals surface area contributed by atoms with Crippen molar-refractivity contribution in [1.29, 1.82) is 0 Å². The van der Waals surface area contributed by atoms with Gasteiger partial charge in [0.15, 0.2) is 17.2 Å². The van der Waals surface area contributed by atoms with Crippen molar-refractivity contribution in [3.05, 3.63) is 161 Å². The molecule has 0 atom stereocenters. The first-order valence-electron chi connectivity index (χ1n) is 21.0. The van der Waals surface area contributed by atoms with Crippen LogP contribution >= 0.6 is 7.82 Å². The van der Waals surface area contributed by atoms with Crippen molar-refractivity contribution in [1.82, 2.24) is 0 Å². The van der Waals surface area contributed by atoms with E-state index in [2.05, 4.69) is 93.6 Å². The van der Waals surface area contributed by atoms with Crippen LogP contribution in [0.3, 0.4) is 0 Å². The molecule has 6 aromatic rings. The molecule has 6 aromatic carbocycles. The first-order valence-corrected chi connectivity index (χ1v) is 22.4. The molecule has 0 bridgehead atoms. The Bertz CT molecular complexity index is 2040. The molecule has 0 aliphatic carbocycles. The minimum Gasteiger partial charge on any atom is -0.326 e. The van der Waals surface area contributed by atoms with Gasteiger partial charge in [0.25, 0.3) is 0 Å². The third-order valence-corrected chi connectivity index (χ3v) is 11.1. The van der Waals surface area contributed by atoms with E-state index in [0.717, 1.165) is 108 Å². The van der Waals surface area contributed by atoms with Crippen LogP contribution in [0.25, 0.3) is 33.4 Å². The predicted molar refractivity (Wildman–Crippen MR) is 238 cm³/mol. The number of aryl methyl sites for hydroxylation is 6. The summed E-state index contributed by atoms with van der Waals surface area (Å²) >= 11 is 0. The number of phosphoric acid groups is 1. The first-order chi connectivity index (χ1) is 28.7. The summed E-state index contributed by atoms with van der Waals surface area (Å²) in [7, 11) is -4.81. The topological polar surface area (TPSA) is 72.5 Å². The van der Waals surface area contributed by atoms with Gasteiger partial charge in [0, 0.05) is 16.7 Å². The quantitative estimate of drug-likeness (QED) is 0.0407. The Labute approximate surface area is 350 Å². The van der Waals surface area contributed by atoms with Crippen molar-refractivity contribution in [3.63, 3.8) is 0 Å². The third-order valence-electron chi connectivity index (χ3n) is 10.3. The molecule has 0 N–H and O–H groups in total. The van der Waals surface area contributed by atoms with Crippen molar-refractivity contribution in [2.24, 2.45) is 0 Å². The lowest BCUT2D eigenvalue weighted by Gasteiger charge is -2.19. The molecule has 0 fully saturated rings. The van der Waals surface area contributed by atoms with Gasteiger partial charge in [-0.3, -0.25) is 0 Å². The Morgan fingerprint density at radius 2 is 0.661 bits per heavy atom. The molecule has 0 heterocycles. The Kier molecular flexibility index (Phi) is 15.6. The standard InChI is InChI=1S/C51H57O7P/c1-7-10-13-40-19-25-43(26-20-40)46-34-37(4)16-31-49(46)53-56-59(52,57-54-50-32-17-38(5)35-47(50)44-27-21-41(22-28-44)14-11-8-2)58-55-51-33-18-39(6)36-48(51)45-29-23-42(24-30-45)15-12-9-3/h16-36H,7-15H2,1-6H3. The summed E-state index contributed by atoms with van der Waals surface area (Å²) < 4.78 is 31.6. The van der Waals surface area contributed by atoms with Crippen LogP contribution in [0.4, 0.5) is 0 Å². The highest BCUT2D eigenvalue weighted by molar-refractivity contribution is 7.48. The van der Waals surface area contributed by atoms with Crippen LogP contribution in [-0.2, 0) is 37.9 Å². The molecule has 7 nitrogen and oxygen atoms in total. The van der Waals surface area contributed by atoms with Crippen LogP contribution in [0, 0.1) is 20.8 Å². The van der Waals surface area contributed by atoms with E-state index in [1.807, 2.05) is 57.2 Å². The molecule has 59 heavy (non-hydrogen) atoms. The lowest BCUT2D eigenvalue weighted by Crippen LogP contribution is -2.09. The van der Waals surface area contributed by atoms with Crippen LogP contribution in [0.15, 0.2) is 127 Å². The smallest absolute Gasteiger partial charge is 0.326 e. The van der Waals surface area contributed by atoms with Crippen LogP contribution in [-0.4, -0.2) is 0 Å². The van der Waals surface area contributed by atoms with E-state index in [-0.39, 0.29) is 0 Å². The van der Waals surface area contributed by atoms with Crippen LogP contribution in [0.5, 0.6) is 17.2 Å². The molecular weight excluding hydrogens is 756 g/mol. The number of rotatable bonds is 21. The molecule has 0 aliphatic heterocycles. The van der Waals surface area contributed by atoms with Gasteiger partial charge in [-0.15, -0.1) is 0 Å². The molecular formula is C51H57O7P. The van der Waals surface area contributed by atoms with Gasteiger partial charge in [-0.25, -0.2) is 4.57 Å². The molecule has 308 valence electrons. The van der Waals surface area contributed by atoms with Gasteiger partial charge in [0.1, 0.15) is 0 Å². The second-order valence-electron chi connectivity index (χ2n) is 15.3. The van der Waals surface area contributed by atoms with E-state index < -0.39 is 7.82 Å². The number of unbranched alkanes of at least 4 members (excludes halogenated alkanes) is 3. The van der Waals surface area contributed by atoms with E-state index in [1.54, 1.807) is 18.2 Å². The zero-order valence-corrected chi connectivity index (χ0v) is 36.2.